The zero-order valence-corrected chi connectivity index (χ0v) is 16.1. The zero-order chi connectivity index (χ0) is 18.9. The van der Waals surface area contributed by atoms with Gasteiger partial charge in [-0.15, -0.1) is 0 Å². The van der Waals surface area contributed by atoms with E-state index in [0.717, 1.165) is 38.5 Å². The Kier molecular flexibility index (Phi) is 8.33. The van der Waals surface area contributed by atoms with Gasteiger partial charge in [-0.1, -0.05) is 0 Å². The van der Waals surface area contributed by atoms with Crippen LogP contribution in [0.15, 0.2) is 0 Å². The van der Waals surface area contributed by atoms with Crippen molar-refractivity contribution < 1.29 is 14.3 Å². The first-order valence-electron chi connectivity index (χ1n) is 9.80. The van der Waals surface area contributed by atoms with Crippen molar-refractivity contribution in [3.05, 3.63) is 0 Å². The number of hydrogen-bond donors (Lipinski definition) is 1. The molecule has 2 amide bonds. The molecule has 1 aliphatic carbocycles. The number of nitriles is 1. The minimum atomic E-state index is -0.259. The molecule has 0 radical (unpaired) electrons. The first-order valence-corrected chi connectivity index (χ1v) is 9.80. The number of rotatable bonds is 8. The van der Waals surface area contributed by atoms with Gasteiger partial charge in [-0.2, -0.15) is 5.26 Å². The Hall–Kier alpha value is -1.65. The highest BCUT2D eigenvalue weighted by Gasteiger charge is 2.31. The number of carbonyl (C=O) groups is 2. The van der Waals surface area contributed by atoms with Crippen LogP contribution >= 0.6 is 0 Å². The summed E-state index contributed by atoms with van der Waals surface area (Å²) < 4.78 is 5.08. The van der Waals surface area contributed by atoms with Crippen LogP contribution in [0.2, 0.25) is 0 Å². The Morgan fingerprint density at radius 1 is 1.27 bits per heavy atom. The van der Waals surface area contributed by atoms with E-state index < -0.39 is 0 Å². The zero-order valence-electron chi connectivity index (χ0n) is 16.1. The van der Waals surface area contributed by atoms with E-state index in [-0.39, 0.29) is 36.4 Å². The Morgan fingerprint density at radius 2 is 2.00 bits per heavy atom. The van der Waals surface area contributed by atoms with Crippen LogP contribution in [0.3, 0.4) is 0 Å². The number of likely N-dealkylation sites (tertiary alicyclic amines) is 1. The minimum Gasteiger partial charge on any atom is -0.383 e. The van der Waals surface area contributed by atoms with E-state index in [2.05, 4.69) is 11.4 Å². The van der Waals surface area contributed by atoms with Crippen LogP contribution in [0.5, 0.6) is 0 Å². The maximum absolute atomic E-state index is 12.6. The fraction of sp³-hybridized carbons (Fsp3) is 0.842. The molecular weight excluding hydrogens is 332 g/mol. The minimum absolute atomic E-state index is 0.0176. The summed E-state index contributed by atoms with van der Waals surface area (Å²) >= 11 is 0. The summed E-state index contributed by atoms with van der Waals surface area (Å²) in [6.07, 6.45) is 5.23. The van der Waals surface area contributed by atoms with Crippen molar-refractivity contribution in [3.63, 3.8) is 0 Å². The van der Waals surface area contributed by atoms with Crippen LogP contribution in [-0.2, 0) is 14.3 Å². The molecule has 2 fully saturated rings. The average molecular weight is 364 g/mol. The highest BCUT2D eigenvalue weighted by atomic mass is 16.5. The molecule has 0 unspecified atom stereocenters. The monoisotopic (exact) mass is 364 g/mol. The van der Waals surface area contributed by atoms with E-state index in [1.54, 1.807) is 12.0 Å². The summed E-state index contributed by atoms with van der Waals surface area (Å²) in [5.74, 6) is 0.332. The molecule has 7 nitrogen and oxygen atoms in total. The van der Waals surface area contributed by atoms with Crippen molar-refractivity contribution in [2.24, 2.45) is 5.92 Å². The molecule has 1 N–H and O–H groups in total. The molecule has 1 heterocycles. The third kappa shape index (κ3) is 5.42. The number of nitrogens with zero attached hydrogens (tertiary/aromatic N) is 3. The fourth-order valence-electron chi connectivity index (χ4n) is 3.96. The summed E-state index contributed by atoms with van der Waals surface area (Å²) in [6, 6.07) is 2.23. The molecule has 2 rings (SSSR count). The summed E-state index contributed by atoms with van der Waals surface area (Å²) in [5.41, 5.74) is 0. The molecule has 0 spiro atoms. The molecule has 0 aromatic heterocycles. The second-order valence-corrected chi connectivity index (χ2v) is 7.21. The van der Waals surface area contributed by atoms with Crippen LogP contribution in [0.4, 0.5) is 0 Å². The topological polar surface area (TPSA) is 85.7 Å². The maximum atomic E-state index is 12.6. The lowest BCUT2D eigenvalue weighted by Crippen LogP contribution is -2.45. The van der Waals surface area contributed by atoms with Gasteiger partial charge in [0.25, 0.3) is 0 Å². The van der Waals surface area contributed by atoms with Gasteiger partial charge in [-0.25, -0.2) is 0 Å². The number of amides is 2. The number of ether oxygens (including phenoxy) is 1. The standard InChI is InChI=1S/C19H32N4O3/c1-3-22(11-12-26-2)19(25)15-6-8-16(9-7-15)21-14-18(24)23-10-4-5-17(23)13-20/h15-17,21H,3-12,14H2,1-2H3/t15-,16-,17-/m0/s1. The van der Waals surface area contributed by atoms with Crippen LogP contribution in [0.25, 0.3) is 0 Å². The predicted octanol–water partition coefficient (Wildman–Crippen LogP) is 1.14. The number of nitrogens with one attached hydrogen (secondary N) is 1. The molecule has 1 atom stereocenters. The lowest BCUT2D eigenvalue weighted by atomic mass is 9.85. The van der Waals surface area contributed by atoms with Crippen LogP contribution in [-0.4, -0.2) is 73.6 Å². The van der Waals surface area contributed by atoms with Crippen molar-refractivity contribution in [1.82, 2.24) is 15.1 Å². The van der Waals surface area contributed by atoms with E-state index in [1.807, 2.05) is 11.8 Å². The van der Waals surface area contributed by atoms with Crippen molar-refractivity contribution in [1.29, 1.82) is 5.26 Å². The molecule has 1 saturated heterocycles. The van der Waals surface area contributed by atoms with Gasteiger partial charge in [0.15, 0.2) is 0 Å². The Morgan fingerprint density at radius 3 is 2.62 bits per heavy atom. The van der Waals surface area contributed by atoms with Crippen molar-refractivity contribution >= 4 is 11.8 Å². The van der Waals surface area contributed by atoms with Gasteiger partial charge in [0.2, 0.25) is 11.8 Å². The molecule has 0 aromatic carbocycles. The highest BCUT2D eigenvalue weighted by molar-refractivity contribution is 5.79. The first kappa shape index (κ1) is 20.7. The van der Waals surface area contributed by atoms with Gasteiger partial charge in [-0.3, -0.25) is 9.59 Å². The lowest BCUT2D eigenvalue weighted by Gasteiger charge is -2.32. The third-order valence-electron chi connectivity index (χ3n) is 5.60. The quantitative estimate of drug-likeness (QED) is 0.698. The fourth-order valence-corrected chi connectivity index (χ4v) is 3.96. The number of likely N-dealkylation sites (N-methyl/N-ethyl adjacent to an activating group) is 1. The summed E-state index contributed by atoms with van der Waals surface area (Å²) in [6.45, 7) is 4.90. The molecule has 0 bridgehead atoms. The predicted molar refractivity (Wildman–Crippen MR) is 98.2 cm³/mol. The van der Waals surface area contributed by atoms with E-state index in [9.17, 15) is 9.59 Å². The second kappa shape index (κ2) is 10.5. The van der Waals surface area contributed by atoms with Crippen LogP contribution < -0.4 is 5.32 Å². The summed E-state index contributed by atoms with van der Waals surface area (Å²) in [7, 11) is 1.65. The lowest BCUT2D eigenvalue weighted by molar-refractivity contribution is -0.137. The molecule has 26 heavy (non-hydrogen) atoms. The second-order valence-electron chi connectivity index (χ2n) is 7.21. The Labute approximate surface area is 156 Å². The van der Waals surface area contributed by atoms with Gasteiger partial charge in [0.05, 0.1) is 19.2 Å². The normalized spacial score (nSPS) is 25.7. The first-order chi connectivity index (χ1) is 12.6. The summed E-state index contributed by atoms with van der Waals surface area (Å²) in [5, 5.41) is 12.4. The van der Waals surface area contributed by atoms with Gasteiger partial charge >= 0.3 is 0 Å². The largest absolute Gasteiger partial charge is 0.383 e. The molecule has 1 aliphatic heterocycles. The van der Waals surface area contributed by atoms with E-state index >= 15 is 0 Å². The molecule has 7 heteroatoms. The summed E-state index contributed by atoms with van der Waals surface area (Å²) in [4.78, 5) is 28.5. The van der Waals surface area contributed by atoms with Crippen molar-refractivity contribution in [2.75, 3.05) is 39.9 Å². The number of methoxy groups -OCH3 is 1. The molecule has 2 aliphatic rings. The molecular formula is C19H32N4O3. The maximum Gasteiger partial charge on any atom is 0.237 e. The highest BCUT2D eigenvalue weighted by Crippen LogP contribution is 2.26. The molecule has 1 saturated carbocycles. The van der Waals surface area contributed by atoms with Gasteiger partial charge in [0, 0.05) is 38.7 Å². The van der Waals surface area contributed by atoms with E-state index in [0.29, 0.717) is 26.2 Å². The third-order valence-corrected chi connectivity index (χ3v) is 5.60. The molecule has 146 valence electrons. The van der Waals surface area contributed by atoms with Crippen LogP contribution in [0.1, 0.15) is 45.4 Å². The van der Waals surface area contributed by atoms with Crippen molar-refractivity contribution in [3.8, 4) is 6.07 Å². The van der Waals surface area contributed by atoms with Gasteiger partial charge in [0.1, 0.15) is 6.04 Å². The van der Waals surface area contributed by atoms with E-state index in [4.69, 9.17) is 10.00 Å². The number of hydrogen-bond acceptors (Lipinski definition) is 5. The smallest absolute Gasteiger partial charge is 0.237 e. The van der Waals surface area contributed by atoms with Gasteiger partial charge in [-0.05, 0) is 45.4 Å². The van der Waals surface area contributed by atoms with Gasteiger partial charge < -0.3 is 19.9 Å². The van der Waals surface area contributed by atoms with Crippen LogP contribution in [0, 0.1) is 17.2 Å². The average Bonchev–Trinajstić information content (AvgIpc) is 3.16. The van der Waals surface area contributed by atoms with E-state index in [1.165, 1.54) is 0 Å². The number of carbonyl (C=O) groups excluding carboxylic acids is 2. The Bertz CT molecular complexity index is 511. The van der Waals surface area contributed by atoms with Crippen molar-refractivity contribution in [2.45, 2.75) is 57.5 Å². The Balaban J connectivity index is 1.72. The molecule has 0 aromatic rings. The SMILES string of the molecule is CCN(CCOC)C(=O)[C@H]1CC[C@H](NCC(=O)N2CCC[C@H]2C#N)CC1.